The van der Waals surface area contributed by atoms with Crippen molar-refractivity contribution in [3.05, 3.63) is 65.7 Å². The van der Waals surface area contributed by atoms with Gasteiger partial charge in [0.05, 0.1) is 18.2 Å². The lowest BCUT2D eigenvalue weighted by molar-refractivity contribution is -0.123. The fourth-order valence-electron chi connectivity index (χ4n) is 4.05. The van der Waals surface area contributed by atoms with E-state index in [-0.39, 0.29) is 24.3 Å². The van der Waals surface area contributed by atoms with Gasteiger partial charge in [-0.3, -0.25) is 19.4 Å². The van der Waals surface area contributed by atoms with Crippen molar-refractivity contribution in [3.63, 3.8) is 0 Å². The lowest BCUT2D eigenvalue weighted by Crippen LogP contribution is -2.52. The molecule has 5 heteroatoms. The predicted molar refractivity (Wildman–Crippen MR) is 105 cm³/mol. The number of rotatable bonds is 4. The minimum atomic E-state index is -0.321. The average Bonchev–Trinajstić information content (AvgIpc) is 2.97. The van der Waals surface area contributed by atoms with Crippen LogP contribution in [0.5, 0.6) is 0 Å². The summed E-state index contributed by atoms with van der Waals surface area (Å²) in [4.78, 5) is 31.3. The van der Waals surface area contributed by atoms with Crippen molar-refractivity contribution in [3.8, 4) is 0 Å². The minimum absolute atomic E-state index is 0.0849. The van der Waals surface area contributed by atoms with Gasteiger partial charge in [-0.05, 0) is 24.6 Å². The van der Waals surface area contributed by atoms with E-state index in [1.54, 1.807) is 0 Å². The highest BCUT2D eigenvalue weighted by molar-refractivity contribution is 6.22. The van der Waals surface area contributed by atoms with Gasteiger partial charge in [0, 0.05) is 32.7 Å². The van der Waals surface area contributed by atoms with Gasteiger partial charge in [-0.1, -0.05) is 48.0 Å². The second-order valence-corrected chi connectivity index (χ2v) is 7.42. The number of carbonyl (C=O) groups is 2. The second kappa shape index (κ2) is 7.62. The minimum Gasteiger partial charge on any atom is -0.297 e. The number of anilines is 1. The zero-order chi connectivity index (χ0) is 18.8. The maximum atomic E-state index is 12.9. The van der Waals surface area contributed by atoms with Crippen LogP contribution >= 0.6 is 0 Å². The number of aryl methyl sites for hydroxylation is 1. The Morgan fingerprint density at radius 1 is 0.926 bits per heavy atom. The number of para-hydroxylation sites is 1. The van der Waals surface area contributed by atoms with Crippen molar-refractivity contribution in [2.45, 2.75) is 25.9 Å². The maximum absolute atomic E-state index is 12.9. The van der Waals surface area contributed by atoms with Crippen LogP contribution in [0.15, 0.2) is 54.6 Å². The SMILES string of the molecule is Cc1cccc(CN2CCN([C@H]3CC(=O)N(c4ccccc4)C3=O)CC2)c1. The Balaban J connectivity index is 1.37. The lowest BCUT2D eigenvalue weighted by atomic mass is 10.1. The highest BCUT2D eigenvalue weighted by Gasteiger charge is 2.43. The molecule has 0 unspecified atom stereocenters. The van der Waals surface area contributed by atoms with Gasteiger partial charge in [-0.15, -0.1) is 0 Å². The van der Waals surface area contributed by atoms with Crippen LogP contribution in [0.25, 0.3) is 0 Å². The van der Waals surface area contributed by atoms with E-state index >= 15 is 0 Å². The number of hydrogen-bond acceptors (Lipinski definition) is 4. The third-order valence-electron chi connectivity index (χ3n) is 5.47. The molecule has 0 radical (unpaired) electrons. The van der Waals surface area contributed by atoms with Crippen molar-refractivity contribution in [1.82, 2.24) is 9.80 Å². The van der Waals surface area contributed by atoms with E-state index in [9.17, 15) is 9.59 Å². The molecule has 27 heavy (non-hydrogen) atoms. The largest absolute Gasteiger partial charge is 0.297 e. The first-order chi connectivity index (χ1) is 13.1. The van der Waals surface area contributed by atoms with Gasteiger partial charge < -0.3 is 0 Å². The van der Waals surface area contributed by atoms with Gasteiger partial charge in [0.1, 0.15) is 0 Å². The molecule has 1 atom stereocenters. The summed E-state index contributed by atoms with van der Waals surface area (Å²) in [6.07, 6.45) is 0.283. The van der Waals surface area contributed by atoms with Crippen LogP contribution in [0, 0.1) is 6.92 Å². The van der Waals surface area contributed by atoms with Crippen molar-refractivity contribution < 1.29 is 9.59 Å². The quantitative estimate of drug-likeness (QED) is 0.783. The van der Waals surface area contributed by atoms with Crippen LogP contribution < -0.4 is 4.90 Å². The molecule has 0 saturated carbocycles. The zero-order valence-corrected chi connectivity index (χ0v) is 15.7. The van der Waals surface area contributed by atoms with Gasteiger partial charge in [-0.2, -0.15) is 0 Å². The Bertz CT molecular complexity index is 828. The van der Waals surface area contributed by atoms with E-state index in [0.717, 1.165) is 32.7 Å². The second-order valence-electron chi connectivity index (χ2n) is 7.42. The van der Waals surface area contributed by atoms with Gasteiger partial charge in [-0.25, -0.2) is 4.90 Å². The first-order valence-electron chi connectivity index (χ1n) is 9.55. The molecular formula is C22H25N3O2. The normalized spacial score (nSPS) is 21.8. The highest BCUT2D eigenvalue weighted by Crippen LogP contribution is 2.26. The fourth-order valence-corrected chi connectivity index (χ4v) is 4.05. The Morgan fingerprint density at radius 3 is 2.37 bits per heavy atom. The summed E-state index contributed by atoms with van der Waals surface area (Å²) < 4.78 is 0. The van der Waals surface area contributed by atoms with Gasteiger partial charge in [0.15, 0.2) is 0 Å². The molecule has 0 N–H and O–H groups in total. The molecule has 4 rings (SSSR count). The van der Waals surface area contributed by atoms with Crippen LogP contribution in [-0.4, -0.2) is 53.8 Å². The summed E-state index contributed by atoms with van der Waals surface area (Å²) in [7, 11) is 0. The average molecular weight is 363 g/mol. The van der Waals surface area contributed by atoms with Crippen molar-refractivity contribution in [1.29, 1.82) is 0 Å². The van der Waals surface area contributed by atoms with Gasteiger partial charge in [0.2, 0.25) is 5.91 Å². The predicted octanol–water partition coefficient (Wildman–Crippen LogP) is 2.44. The molecule has 0 spiro atoms. The van der Waals surface area contributed by atoms with Crippen LogP contribution in [0.2, 0.25) is 0 Å². The Morgan fingerprint density at radius 2 is 1.67 bits per heavy atom. The van der Waals surface area contributed by atoms with E-state index in [2.05, 4.69) is 41.0 Å². The number of amides is 2. The summed E-state index contributed by atoms with van der Waals surface area (Å²) in [6, 6.07) is 17.5. The molecule has 2 saturated heterocycles. The summed E-state index contributed by atoms with van der Waals surface area (Å²) in [5.74, 6) is -0.184. The summed E-state index contributed by atoms with van der Waals surface area (Å²) in [6.45, 7) is 6.51. The van der Waals surface area contributed by atoms with Crippen LogP contribution in [0.3, 0.4) is 0 Å². The third kappa shape index (κ3) is 3.80. The number of benzene rings is 2. The van der Waals surface area contributed by atoms with Crippen molar-refractivity contribution in [2.24, 2.45) is 0 Å². The molecule has 2 heterocycles. The molecule has 5 nitrogen and oxygen atoms in total. The van der Waals surface area contributed by atoms with Gasteiger partial charge in [0.25, 0.3) is 5.91 Å². The molecule has 2 aliphatic heterocycles. The first kappa shape index (κ1) is 17.9. The lowest BCUT2D eigenvalue weighted by Gasteiger charge is -2.37. The molecule has 0 bridgehead atoms. The van der Waals surface area contributed by atoms with Crippen LogP contribution in [0.4, 0.5) is 5.69 Å². The van der Waals surface area contributed by atoms with Crippen LogP contribution in [-0.2, 0) is 16.1 Å². The van der Waals surface area contributed by atoms with Crippen molar-refractivity contribution >= 4 is 17.5 Å². The molecule has 2 aromatic rings. The van der Waals surface area contributed by atoms with Crippen LogP contribution in [0.1, 0.15) is 17.5 Å². The number of hydrogen-bond donors (Lipinski definition) is 0. The smallest absolute Gasteiger partial charge is 0.251 e. The molecule has 2 fully saturated rings. The molecular weight excluding hydrogens is 338 g/mol. The highest BCUT2D eigenvalue weighted by atomic mass is 16.2. The zero-order valence-electron chi connectivity index (χ0n) is 15.7. The summed E-state index contributed by atoms with van der Waals surface area (Å²) in [5, 5.41) is 0. The first-order valence-corrected chi connectivity index (χ1v) is 9.55. The third-order valence-corrected chi connectivity index (χ3v) is 5.47. The van der Waals surface area contributed by atoms with Gasteiger partial charge >= 0.3 is 0 Å². The standard InChI is InChI=1S/C22H25N3O2/c1-17-6-5-7-18(14-17)16-23-10-12-24(13-11-23)20-15-21(26)25(22(20)27)19-8-3-2-4-9-19/h2-9,14,20H,10-13,15-16H2,1H3/t20-/m0/s1. The van der Waals surface area contributed by atoms with E-state index in [4.69, 9.17) is 0 Å². The number of carbonyl (C=O) groups excluding carboxylic acids is 2. The van der Waals surface area contributed by atoms with E-state index in [1.807, 2.05) is 30.3 Å². The number of piperazine rings is 1. The topological polar surface area (TPSA) is 43.9 Å². The summed E-state index contributed by atoms with van der Waals surface area (Å²) in [5.41, 5.74) is 3.28. The molecule has 2 aliphatic rings. The monoisotopic (exact) mass is 363 g/mol. The number of nitrogens with zero attached hydrogens (tertiary/aromatic N) is 3. The molecule has 0 aliphatic carbocycles. The fraction of sp³-hybridized carbons (Fsp3) is 0.364. The molecule has 2 aromatic carbocycles. The molecule has 0 aromatic heterocycles. The molecule has 2 amide bonds. The van der Waals surface area contributed by atoms with E-state index in [1.165, 1.54) is 16.0 Å². The Hall–Kier alpha value is -2.50. The molecule has 140 valence electrons. The Kier molecular flexibility index (Phi) is 5.05. The maximum Gasteiger partial charge on any atom is 0.251 e. The Labute approximate surface area is 160 Å². The van der Waals surface area contributed by atoms with E-state index < -0.39 is 0 Å². The number of imide groups is 1. The van der Waals surface area contributed by atoms with Crippen molar-refractivity contribution in [2.75, 3.05) is 31.1 Å². The summed E-state index contributed by atoms with van der Waals surface area (Å²) >= 11 is 0. The van der Waals surface area contributed by atoms with E-state index in [0.29, 0.717) is 5.69 Å².